The quantitative estimate of drug-likeness (QED) is 0.633. The largest absolute Gasteiger partial charge is 0.497 e. The van der Waals surface area contributed by atoms with Crippen molar-refractivity contribution < 1.29 is 14.3 Å². The summed E-state index contributed by atoms with van der Waals surface area (Å²) in [5, 5.41) is 3.96. The molecule has 3 aromatic rings. The summed E-state index contributed by atoms with van der Waals surface area (Å²) in [6.07, 6.45) is 0.208. The number of hydrogen-bond acceptors (Lipinski definition) is 5. The van der Waals surface area contributed by atoms with E-state index in [1.807, 2.05) is 43.3 Å². The lowest BCUT2D eigenvalue weighted by molar-refractivity contribution is -0.126. The van der Waals surface area contributed by atoms with Crippen LogP contribution >= 0.6 is 11.3 Å². The molecule has 0 bridgehead atoms. The van der Waals surface area contributed by atoms with E-state index in [0.29, 0.717) is 18.8 Å². The Bertz CT molecular complexity index is 1120. The standard InChI is InChI=1S/C24H25N3O3S/c1-15-7-4-5-10-20(15)24-26-16(2)21(31-24)13-25-23(29)17-11-22(28)27(14-17)18-8-6-9-19(12-18)30-3/h4-10,12,17H,11,13-14H2,1-3H3,(H,25,29)/t17-/m1/s1. The molecule has 0 saturated carbocycles. The van der Waals surface area contributed by atoms with E-state index < -0.39 is 0 Å². The molecular weight excluding hydrogens is 410 g/mol. The third-order valence-corrected chi connectivity index (χ3v) is 6.74. The van der Waals surface area contributed by atoms with Gasteiger partial charge in [-0.15, -0.1) is 11.3 Å². The summed E-state index contributed by atoms with van der Waals surface area (Å²) in [7, 11) is 1.59. The van der Waals surface area contributed by atoms with Gasteiger partial charge in [0.15, 0.2) is 0 Å². The number of methoxy groups -OCH3 is 1. The second-order valence-electron chi connectivity index (χ2n) is 7.67. The van der Waals surface area contributed by atoms with E-state index in [0.717, 1.165) is 26.8 Å². The van der Waals surface area contributed by atoms with Crippen LogP contribution in [0.15, 0.2) is 48.5 Å². The Balaban J connectivity index is 1.40. The fourth-order valence-electron chi connectivity index (χ4n) is 3.74. The lowest BCUT2D eigenvalue weighted by Crippen LogP contribution is -2.32. The van der Waals surface area contributed by atoms with Crippen LogP contribution in [0, 0.1) is 19.8 Å². The van der Waals surface area contributed by atoms with Crippen LogP contribution in [-0.4, -0.2) is 30.5 Å². The zero-order chi connectivity index (χ0) is 22.0. The van der Waals surface area contributed by atoms with Crippen molar-refractivity contribution in [3.63, 3.8) is 0 Å². The van der Waals surface area contributed by atoms with E-state index >= 15 is 0 Å². The minimum absolute atomic E-state index is 0.0517. The van der Waals surface area contributed by atoms with E-state index in [1.165, 1.54) is 5.56 Å². The normalized spacial score (nSPS) is 15.9. The number of aromatic nitrogens is 1. The maximum Gasteiger partial charge on any atom is 0.227 e. The average Bonchev–Trinajstić information content (AvgIpc) is 3.35. The molecule has 2 aromatic carbocycles. The first kappa shape index (κ1) is 21.1. The van der Waals surface area contributed by atoms with Crippen LogP contribution < -0.4 is 15.0 Å². The van der Waals surface area contributed by atoms with Crippen molar-refractivity contribution in [3.8, 4) is 16.3 Å². The molecule has 0 unspecified atom stereocenters. The second kappa shape index (κ2) is 8.89. The minimum Gasteiger partial charge on any atom is -0.497 e. The molecule has 2 amide bonds. The number of amides is 2. The van der Waals surface area contributed by atoms with Crippen molar-refractivity contribution in [1.82, 2.24) is 10.3 Å². The summed E-state index contributed by atoms with van der Waals surface area (Å²) < 4.78 is 5.24. The van der Waals surface area contributed by atoms with Gasteiger partial charge in [-0.05, 0) is 31.5 Å². The molecule has 160 valence electrons. The van der Waals surface area contributed by atoms with E-state index in [2.05, 4.69) is 24.4 Å². The number of benzene rings is 2. The number of thiazole rings is 1. The zero-order valence-electron chi connectivity index (χ0n) is 17.8. The number of carbonyl (C=O) groups excluding carboxylic acids is 2. The predicted octanol–water partition coefficient (Wildman–Crippen LogP) is 4.10. The van der Waals surface area contributed by atoms with Crippen LogP contribution in [0.25, 0.3) is 10.6 Å². The molecule has 0 radical (unpaired) electrons. The van der Waals surface area contributed by atoms with Gasteiger partial charge in [0.25, 0.3) is 0 Å². The molecule has 1 N–H and O–H groups in total. The maximum atomic E-state index is 12.8. The highest BCUT2D eigenvalue weighted by molar-refractivity contribution is 7.15. The summed E-state index contributed by atoms with van der Waals surface area (Å²) in [4.78, 5) is 32.7. The lowest BCUT2D eigenvalue weighted by atomic mass is 10.1. The Morgan fingerprint density at radius 3 is 2.81 bits per heavy atom. The lowest BCUT2D eigenvalue weighted by Gasteiger charge is -2.17. The van der Waals surface area contributed by atoms with E-state index in [-0.39, 0.29) is 24.2 Å². The highest BCUT2D eigenvalue weighted by Gasteiger charge is 2.35. The minimum atomic E-state index is -0.372. The summed E-state index contributed by atoms with van der Waals surface area (Å²) in [6, 6.07) is 15.5. The van der Waals surface area contributed by atoms with Gasteiger partial charge in [-0.1, -0.05) is 30.3 Å². The number of nitrogens with zero attached hydrogens (tertiary/aromatic N) is 2. The molecule has 2 heterocycles. The first-order chi connectivity index (χ1) is 15.0. The molecule has 4 rings (SSSR count). The third kappa shape index (κ3) is 4.46. The van der Waals surface area contributed by atoms with Gasteiger partial charge < -0.3 is 15.0 Å². The second-order valence-corrected chi connectivity index (χ2v) is 8.75. The van der Waals surface area contributed by atoms with Crippen LogP contribution in [0.2, 0.25) is 0 Å². The molecule has 1 atom stereocenters. The highest BCUT2D eigenvalue weighted by Crippen LogP contribution is 2.31. The van der Waals surface area contributed by atoms with Crippen LogP contribution in [0.1, 0.15) is 22.6 Å². The van der Waals surface area contributed by atoms with Crippen LogP contribution in [0.4, 0.5) is 5.69 Å². The monoisotopic (exact) mass is 435 g/mol. The Morgan fingerprint density at radius 2 is 2.03 bits per heavy atom. The van der Waals surface area contributed by atoms with E-state index in [4.69, 9.17) is 9.72 Å². The first-order valence-electron chi connectivity index (χ1n) is 10.2. The Hall–Kier alpha value is -3.19. The molecule has 1 aromatic heterocycles. The summed E-state index contributed by atoms with van der Waals surface area (Å²) in [6.45, 7) is 4.81. The van der Waals surface area contributed by atoms with Crippen LogP contribution in [0.3, 0.4) is 0 Å². The van der Waals surface area contributed by atoms with Gasteiger partial charge >= 0.3 is 0 Å². The van der Waals surface area contributed by atoms with E-state index in [9.17, 15) is 9.59 Å². The zero-order valence-corrected chi connectivity index (χ0v) is 18.7. The van der Waals surface area contributed by atoms with Crippen molar-refractivity contribution in [1.29, 1.82) is 0 Å². The summed E-state index contributed by atoms with van der Waals surface area (Å²) in [5.74, 6) is 0.152. The Morgan fingerprint density at radius 1 is 1.23 bits per heavy atom. The molecule has 1 aliphatic heterocycles. The fraction of sp³-hybridized carbons (Fsp3) is 0.292. The number of carbonyl (C=O) groups is 2. The van der Waals surface area contributed by atoms with Gasteiger partial charge in [-0.25, -0.2) is 4.98 Å². The van der Waals surface area contributed by atoms with Crippen molar-refractivity contribution >= 4 is 28.8 Å². The van der Waals surface area contributed by atoms with Crippen LogP contribution in [0.5, 0.6) is 5.75 Å². The van der Waals surface area contributed by atoms with E-state index in [1.54, 1.807) is 23.3 Å². The molecule has 1 saturated heterocycles. The first-order valence-corrected chi connectivity index (χ1v) is 11.0. The summed E-state index contributed by atoms with van der Waals surface area (Å²) in [5.41, 5.74) is 3.96. The topological polar surface area (TPSA) is 71.5 Å². The SMILES string of the molecule is COc1cccc(N2C[C@H](C(=O)NCc3sc(-c4ccccc4C)nc3C)CC2=O)c1. The molecule has 0 aliphatic carbocycles. The summed E-state index contributed by atoms with van der Waals surface area (Å²) >= 11 is 1.60. The smallest absolute Gasteiger partial charge is 0.227 e. The average molecular weight is 436 g/mol. The van der Waals surface area contributed by atoms with Gasteiger partial charge in [0.1, 0.15) is 10.8 Å². The Labute approximate surface area is 185 Å². The van der Waals surface area contributed by atoms with Crippen molar-refractivity contribution in [3.05, 3.63) is 64.7 Å². The van der Waals surface area contributed by atoms with Gasteiger partial charge in [0.05, 0.1) is 25.3 Å². The molecule has 0 spiro atoms. The Kier molecular flexibility index (Phi) is 6.04. The molecular formula is C24H25N3O3S. The molecule has 6 nitrogen and oxygen atoms in total. The van der Waals surface area contributed by atoms with Gasteiger partial charge in [0, 0.05) is 35.2 Å². The number of hydrogen-bond donors (Lipinski definition) is 1. The molecule has 7 heteroatoms. The van der Waals surface area contributed by atoms with Gasteiger partial charge in [0.2, 0.25) is 11.8 Å². The number of ether oxygens (including phenoxy) is 1. The van der Waals surface area contributed by atoms with Crippen molar-refractivity contribution in [2.45, 2.75) is 26.8 Å². The van der Waals surface area contributed by atoms with Crippen LogP contribution in [-0.2, 0) is 16.1 Å². The molecule has 31 heavy (non-hydrogen) atoms. The van der Waals surface area contributed by atoms with Gasteiger partial charge in [-0.2, -0.15) is 0 Å². The molecule has 1 aliphatic rings. The van der Waals surface area contributed by atoms with Crippen molar-refractivity contribution in [2.24, 2.45) is 5.92 Å². The third-order valence-electron chi connectivity index (χ3n) is 5.55. The number of nitrogens with one attached hydrogen (secondary N) is 1. The number of aryl methyl sites for hydroxylation is 2. The molecule has 1 fully saturated rings. The highest BCUT2D eigenvalue weighted by atomic mass is 32.1. The number of rotatable bonds is 6. The predicted molar refractivity (Wildman–Crippen MR) is 122 cm³/mol. The number of anilines is 1. The van der Waals surface area contributed by atoms with Crippen molar-refractivity contribution in [2.75, 3.05) is 18.6 Å². The maximum absolute atomic E-state index is 12.8. The van der Waals surface area contributed by atoms with Gasteiger partial charge in [-0.3, -0.25) is 9.59 Å². The fourth-order valence-corrected chi connectivity index (χ4v) is 4.84.